The van der Waals surface area contributed by atoms with E-state index < -0.39 is 0 Å². The molecule has 0 aromatic heterocycles. The van der Waals surface area contributed by atoms with E-state index in [9.17, 15) is 4.79 Å². The monoisotopic (exact) mass is 191 g/mol. The minimum absolute atomic E-state index is 0.318. The number of hydrogen-bond donors (Lipinski definition) is 1. The molecule has 2 N–H and O–H groups in total. The first-order valence-electron chi connectivity index (χ1n) is 4.25. The second-order valence-electron chi connectivity index (χ2n) is 2.99. The maximum Gasteiger partial charge on any atom is 0.333 e. The molecule has 0 spiro atoms. The number of methoxy groups -OCH3 is 1. The standard InChI is InChI=1S/C11H13NO2/c1-8(11(13)14-2)7-9-3-5-10(12)6-4-9/h3-7H,12H2,1-2H3. The van der Waals surface area contributed by atoms with Crippen LogP contribution < -0.4 is 5.73 Å². The van der Waals surface area contributed by atoms with Crippen LogP contribution in [0.15, 0.2) is 29.8 Å². The van der Waals surface area contributed by atoms with E-state index in [0.29, 0.717) is 11.3 Å². The topological polar surface area (TPSA) is 52.3 Å². The van der Waals surface area contributed by atoms with Crippen molar-refractivity contribution < 1.29 is 9.53 Å². The van der Waals surface area contributed by atoms with Crippen molar-refractivity contribution in [1.82, 2.24) is 0 Å². The van der Waals surface area contributed by atoms with Gasteiger partial charge in [-0.15, -0.1) is 0 Å². The number of esters is 1. The third-order valence-electron chi connectivity index (χ3n) is 1.83. The largest absolute Gasteiger partial charge is 0.466 e. The molecule has 0 fully saturated rings. The molecule has 0 saturated heterocycles. The maximum absolute atomic E-state index is 11.1. The predicted molar refractivity (Wildman–Crippen MR) is 56.5 cm³/mol. The quantitative estimate of drug-likeness (QED) is 0.441. The number of hydrogen-bond acceptors (Lipinski definition) is 3. The SMILES string of the molecule is COC(=O)C(C)=Cc1ccc(N)cc1. The van der Waals surface area contributed by atoms with E-state index in [1.54, 1.807) is 25.1 Å². The molecule has 3 nitrogen and oxygen atoms in total. The molecule has 0 atom stereocenters. The minimum atomic E-state index is -0.318. The Morgan fingerprint density at radius 1 is 1.36 bits per heavy atom. The van der Waals surface area contributed by atoms with Crippen LogP contribution in [-0.2, 0) is 9.53 Å². The molecule has 1 aromatic carbocycles. The van der Waals surface area contributed by atoms with Crippen molar-refractivity contribution in [1.29, 1.82) is 0 Å². The summed E-state index contributed by atoms with van der Waals surface area (Å²) >= 11 is 0. The third kappa shape index (κ3) is 2.62. The Morgan fingerprint density at radius 2 is 1.93 bits per heavy atom. The van der Waals surface area contributed by atoms with Gasteiger partial charge in [0.15, 0.2) is 0 Å². The highest BCUT2D eigenvalue weighted by molar-refractivity contribution is 5.92. The summed E-state index contributed by atoms with van der Waals surface area (Å²) in [6.07, 6.45) is 1.76. The van der Waals surface area contributed by atoms with Crippen molar-refractivity contribution in [2.75, 3.05) is 12.8 Å². The van der Waals surface area contributed by atoms with Crippen LogP contribution in [0.1, 0.15) is 12.5 Å². The van der Waals surface area contributed by atoms with Crippen molar-refractivity contribution in [3.63, 3.8) is 0 Å². The molecule has 1 aromatic rings. The number of nitrogen functional groups attached to an aromatic ring is 1. The van der Waals surface area contributed by atoms with Crippen molar-refractivity contribution >= 4 is 17.7 Å². The molecule has 0 aliphatic heterocycles. The zero-order valence-corrected chi connectivity index (χ0v) is 8.28. The van der Waals surface area contributed by atoms with Gasteiger partial charge in [-0.3, -0.25) is 0 Å². The number of nitrogens with two attached hydrogens (primary N) is 1. The van der Waals surface area contributed by atoms with E-state index in [2.05, 4.69) is 4.74 Å². The molecule has 3 heteroatoms. The number of carbonyl (C=O) groups is 1. The summed E-state index contributed by atoms with van der Waals surface area (Å²) in [6, 6.07) is 7.27. The fourth-order valence-corrected chi connectivity index (χ4v) is 1.06. The molecular formula is C11H13NO2. The van der Waals surface area contributed by atoms with Gasteiger partial charge in [0.05, 0.1) is 7.11 Å². The Labute approximate surface area is 83.2 Å². The summed E-state index contributed by atoms with van der Waals surface area (Å²) in [4.78, 5) is 11.1. The van der Waals surface area contributed by atoms with Gasteiger partial charge in [-0.2, -0.15) is 0 Å². The van der Waals surface area contributed by atoms with Crippen molar-refractivity contribution in [3.8, 4) is 0 Å². The van der Waals surface area contributed by atoms with E-state index in [4.69, 9.17) is 5.73 Å². The Bertz CT molecular complexity index is 352. The summed E-state index contributed by atoms with van der Waals surface area (Å²) in [5.74, 6) is -0.318. The molecule has 0 unspecified atom stereocenters. The Morgan fingerprint density at radius 3 is 2.43 bits per heavy atom. The van der Waals surface area contributed by atoms with Crippen molar-refractivity contribution in [2.45, 2.75) is 6.92 Å². The van der Waals surface area contributed by atoms with Crippen LogP contribution in [0.5, 0.6) is 0 Å². The molecule has 1 rings (SSSR count). The van der Waals surface area contributed by atoms with E-state index >= 15 is 0 Å². The summed E-state index contributed by atoms with van der Waals surface area (Å²) in [6.45, 7) is 1.71. The number of rotatable bonds is 2. The van der Waals surface area contributed by atoms with Gasteiger partial charge in [-0.1, -0.05) is 12.1 Å². The smallest absolute Gasteiger partial charge is 0.333 e. The molecule has 0 amide bonds. The lowest BCUT2D eigenvalue weighted by Crippen LogP contribution is -2.00. The van der Waals surface area contributed by atoms with Crippen LogP contribution in [0.25, 0.3) is 6.08 Å². The lowest BCUT2D eigenvalue weighted by atomic mass is 10.1. The number of ether oxygens (including phenoxy) is 1. The average molecular weight is 191 g/mol. The van der Waals surface area contributed by atoms with Crippen LogP contribution in [0, 0.1) is 0 Å². The molecule has 0 heterocycles. The highest BCUT2D eigenvalue weighted by atomic mass is 16.5. The zero-order chi connectivity index (χ0) is 10.6. The average Bonchev–Trinajstić information content (AvgIpc) is 2.20. The molecule has 14 heavy (non-hydrogen) atoms. The highest BCUT2D eigenvalue weighted by Crippen LogP contribution is 2.10. The summed E-state index contributed by atoms with van der Waals surface area (Å²) in [5.41, 5.74) is 7.74. The normalized spacial score (nSPS) is 11.1. The zero-order valence-electron chi connectivity index (χ0n) is 8.28. The molecule has 0 bridgehead atoms. The first-order valence-corrected chi connectivity index (χ1v) is 4.25. The van der Waals surface area contributed by atoms with Gasteiger partial charge < -0.3 is 10.5 Å². The first kappa shape index (κ1) is 10.3. The molecule has 0 saturated carbocycles. The fourth-order valence-electron chi connectivity index (χ4n) is 1.06. The van der Waals surface area contributed by atoms with Gasteiger partial charge in [-0.05, 0) is 30.7 Å². The molecule has 0 radical (unpaired) electrons. The van der Waals surface area contributed by atoms with Crippen molar-refractivity contribution in [3.05, 3.63) is 35.4 Å². The van der Waals surface area contributed by atoms with Gasteiger partial charge >= 0.3 is 5.97 Å². The van der Waals surface area contributed by atoms with E-state index in [-0.39, 0.29) is 5.97 Å². The van der Waals surface area contributed by atoms with Crippen LogP contribution in [0.4, 0.5) is 5.69 Å². The Balaban J connectivity index is 2.86. The summed E-state index contributed by atoms with van der Waals surface area (Å²) < 4.78 is 4.58. The van der Waals surface area contributed by atoms with E-state index in [1.807, 2.05) is 12.1 Å². The maximum atomic E-state index is 11.1. The van der Waals surface area contributed by atoms with Gasteiger partial charge in [-0.25, -0.2) is 4.79 Å². The molecule has 0 aliphatic rings. The fraction of sp³-hybridized carbons (Fsp3) is 0.182. The van der Waals surface area contributed by atoms with Crippen LogP contribution >= 0.6 is 0 Å². The number of carbonyl (C=O) groups excluding carboxylic acids is 1. The molecule has 0 aliphatic carbocycles. The lowest BCUT2D eigenvalue weighted by Gasteiger charge is -1.99. The van der Waals surface area contributed by atoms with Crippen molar-refractivity contribution in [2.24, 2.45) is 0 Å². The summed E-state index contributed by atoms with van der Waals surface area (Å²) in [5, 5.41) is 0. The molecule has 74 valence electrons. The first-order chi connectivity index (χ1) is 6.63. The Hall–Kier alpha value is -1.77. The second kappa shape index (κ2) is 4.46. The van der Waals surface area contributed by atoms with Gasteiger partial charge in [0.25, 0.3) is 0 Å². The Kier molecular flexibility index (Phi) is 3.29. The van der Waals surface area contributed by atoms with Crippen LogP contribution in [-0.4, -0.2) is 13.1 Å². The number of benzene rings is 1. The minimum Gasteiger partial charge on any atom is -0.466 e. The van der Waals surface area contributed by atoms with E-state index in [0.717, 1.165) is 5.56 Å². The molecular weight excluding hydrogens is 178 g/mol. The van der Waals surface area contributed by atoms with E-state index in [1.165, 1.54) is 7.11 Å². The van der Waals surface area contributed by atoms with Gasteiger partial charge in [0.1, 0.15) is 0 Å². The highest BCUT2D eigenvalue weighted by Gasteiger charge is 2.02. The van der Waals surface area contributed by atoms with Gasteiger partial charge in [0.2, 0.25) is 0 Å². The van der Waals surface area contributed by atoms with Crippen LogP contribution in [0.3, 0.4) is 0 Å². The number of anilines is 1. The lowest BCUT2D eigenvalue weighted by molar-refractivity contribution is -0.135. The van der Waals surface area contributed by atoms with Gasteiger partial charge in [0, 0.05) is 11.3 Å². The van der Waals surface area contributed by atoms with Crippen LogP contribution in [0.2, 0.25) is 0 Å². The second-order valence-corrected chi connectivity index (χ2v) is 2.99. The third-order valence-corrected chi connectivity index (χ3v) is 1.83. The summed E-state index contributed by atoms with van der Waals surface area (Å²) in [7, 11) is 1.36. The predicted octanol–water partition coefficient (Wildman–Crippen LogP) is 1.85.